The Labute approximate surface area is 80.9 Å². The van der Waals surface area contributed by atoms with Crippen LogP contribution in [0.4, 0.5) is 8.78 Å². The molecule has 1 aromatic heterocycles. The van der Waals surface area contributed by atoms with Crippen LogP contribution in [0.15, 0.2) is 12.4 Å². The number of aromatic nitrogens is 2. The minimum Gasteiger partial charge on any atom is -0.372 e. The van der Waals surface area contributed by atoms with Gasteiger partial charge in [-0.15, -0.1) is 0 Å². The van der Waals surface area contributed by atoms with Crippen LogP contribution in [-0.4, -0.2) is 29.8 Å². The number of nitrogens with one attached hydrogen (secondary N) is 1. The van der Waals surface area contributed by atoms with Crippen LogP contribution in [0.1, 0.15) is 12.4 Å². The van der Waals surface area contributed by atoms with Gasteiger partial charge < -0.3 is 10.1 Å². The van der Waals surface area contributed by atoms with E-state index in [0.29, 0.717) is 13.2 Å². The van der Waals surface area contributed by atoms with Gasteiger partial charge in [0.25, 0.3) is 0 Å². The van der Waals surface area contributed by atoms with Gasteiger partial charge in [0.15, 0.2) is 0 Å². The smallest absolute Gasteiger partial charge is 0.320 e. The summed E-state index contributed by atoms with van der Waals surface area (Å²) in [5.74, 6) is 0.246. The van der Waals surface area contributed by atoms with E-state index in [9.17, 15) is 8.78 Å². The zero-order chi connectivity index (χ0) is 10.4. The van der Waals surface area contributed by atoms with Gasteiger partial charge >= 0.3 is 6.55 Å². The molecule has 14 heavy (non-hydrogen) atoms. The molecule has 6 heteroatoms. The highest BCUT2D eigenvalue weighted by molar-refractivity contribution is 4.90. The van der Waals surface area contributed by atoms with E-state index < -0.39 is 6.55 Å². The van der Waals surface area contributed by atoms with E-state index in [1.54, 1.807) is 7.05 Å². The summed E-state index contributed by atoms with van der Waals surface area (Å²) in [6.07, 6.45) is 2.57. The Bertz CT molecular complexity index is 265. The van der Waals surface area contributed by atoms with Gasteiger partial charge in [0, 0.05) is 18.9 Å². The molecule has 1 heterocycles. The average molecular weight is 205 g/mol. The van der Waals surface area contributed by atoms with Crippen LogP contribution in [0.5, 0.6) is 0 Å². The van der Waals surface area contributed by atoms with E-state index in [1.807, 2.05) is 0 Å². The molecule has 1 rings (SSSR count). The number of rotatable bonds is 6. The molecule has 0 spiro atoms. The fraction of sp³-hybridized carbons (Fsp3) is 0.625. The second-order valence-electron chi connectivity index (χ2n) is 2.68. The van der Waals surface area contributed by atoms with Crippen molar-refractivity contribution in [3.63, 3.8) is 0 Å². The molecule has 80 valence electrons. The number of nitrogens with zero attached hydrogens (tertiary/aromatic N) is 2. The molecular formula is C8H13F2N3O. The Morgan fingerprint density at radius 1 is 1.64 bits per heavy atom. The molecule has 0 aliphatic carbocycles. The highest BCUT2D eigenvalue weighted by Gasteiger charge is 2.10. The first-order valence-electron chi connectivity index (χ1n) is 4.28. The van der Waals surface area contributed by atoms with Gasteiger partial charge in [0.2, 0.25) is 0 Å². The fourth-order valence-electron chi connectivity index (χ4n) is 0.971. The molecule has 0 aromatic carbocycles. The van der Waals surface area contributed by atoms with Gasteiger partial charge in [-0.05, 0) is 7.05 Å². The van der Waals surface area contributed by atoms with Crippen molar-refractivity contribution in [3.8, 4) is 0 Å². The van der Waals surface area contributed by atoms with Crippen molar-refractivity contribution in [3.05, 3.63) is 18.2 Å². The van der Waals surface area contributed by atoms with Crippen LogP contribution in [0.25, 0.3) is 0 Å². The molecule has 0 radical (unpaired) electrons. The van der Waals surface area contributed by atoms with Crippen LogP contribution in [0.2, 0.25) is 0 Å². The Balaban J connectivity index is 2.38. The van der Waals surface area contributed by atoms with E-state index in [-0.39, 0.29) is 12.4 Å². The third-order valence-electron chi connectivity index (χ3n) is 1.69. The highest BCUT2D eigenvalue weighted by Crippen LogP contribution is 2.12. The monoisotopic (exact) mass is 205 g/mol. The molecule has 0 saturated heterocycles. The van der Waals surface area contributed by atoms with Crippen molar-refractivity contribution < 1.29 is 13.5 Å². The van der Waals surface area contributed by atoms with Crippen LogP contribution < -0.4 is 5.32 Å². The lowest BCUT2D eigenvalue weighted by Crippen LogP contribution is -2.15. The van der Waals surface area contributed by atoms with Crippen molar-refractivity contribution in [2.45, 2.75) is 13.2 Å². The quantitative estimate of drug-likeness (QED) is 0.704. The molecule has 1 aromatic rings. The number of hydrogen-bond acceptors (Lipinski definition) is 3. The van der Waals surface area contributed by atoms with Crippen LogP contribution in [0, 0.1) is 0 Å². The SMILES string of the molecule is CNCCOCc1nccn1C(F)F. The largest absolute Gasteiger partial charge is 0.372 e. The maximum Gasteiger partial charge on any atom is 0.320 e. The number of likely N-dealkylation sites (N-methyl/N-ethyl adjacent to an activating group) is 1. The minimum absolute atomic E-state index is 0.110. The first-order chi connectivity index (χ1) is 6.75. The summed E-state index contributed by atoms with van der Waals surface area (Å²) in [5.41, 5.74) is 0. The topological polar surface area (TPSA) is 39.1 Å². The molecule has 0 atom stereocenters. The van der Waals surface area contributed by atoms with Crippen LogP contribution in [-0.2, 0) is 11.3 Å². The molecule has 0 fully saturated rings. The maximum atomic E-state index is 12.3. The predicted octanol–water partition coefficient (Wildman–Crippen LogP) is 1.01. The molecule has 4 nitrogen and oxygen atoms in total. The molecule has 0 amide bonds. The molecule has 0 aliphatic rings. The molecule has 1 N–H and O–H groups in total. The van der Waals surface area contributed by atoms with Crippen LogP contribution >= 0.6 is 0 Å². The van der Waals surface area contributed by atoms with Crippen molar-refractivity contribution >= 4 is 0 Å². The molecule has 0 saturated carbocycles. The van der Waals surface area contributed by atoms with Gasteiger partial charge in [-0.1, -0.05) is 0 Å². The lowest BCUT2D eigenvalue weighted by Gasteiger charge is -2.06. The zero-order valence-electron chi connectivity index (χ0n) is 7.91. The normalized spacial score (nSPS) is 11.1. The Hall–Kier alpha value is -1.01. The number of halogens is 2. The third kappa shape index (κ3) is 3.04. The van der Waals surface area contributed by atoms with E-state index in [1.165, 1.54) is 12.4 Å². The van der Waals surface area contributed by atoms with Gasteiger partial charge in [-0.2, -0.15) is 8.78 Å². The standard InChI is InChI=1S/C8H13F2N3O/c1-11-3-5-14-6-7-12-2-4-13(7)8(9)10/h2,4,8,11H,3,5-6H2,1H3. The zero-order valence-corrected chi connectivity index (χ0v) is 7.91. The summed E-state index contributed by atoms with van der Waals surface area (Å²) >= 11 is 0. The Morgan fingerprint density at radius 3 is 3.07 bits per heavy atom. The summed E-state index contributed by atoms with van der Waals surface area (Å²) in [6, 6.07) is 0. The lowest BCUT2D eigenvalue weighted by atomic mass is 10.6. The average Bonchev–Trinajstić information content (AvgIpc) is 2.60. The summed E-state index contributed by atoms with van der Waals surface area (Å²) in [5, 5.41) is 2.88. The molecule has 0 aliphatic heterocycles. The van der Waals surface area contributed by atoms with Crippen molar-refractivity contribution in [1.82, 2.24) is 14.9 Å². The second-order valence-corrected chi connectivity index (χ2v) is 2.68. The molecule has 0 unspecified atom stereocenters. The fourth-order valence-corrected chi connectivity index (χ4v) is 0.971. The van der Waals surface area contributed by atoms with E-state index in [0.717, 1.165) is 4.57 Å². The summed E-state index contributed by atoms with van der Waals surface area (Å²) in [7, 11) is 1.80. The van der Waals surface area contributed by atoms with Crippen molar-refractivity contribution in [1.29, 1.82) is 0 Å². The highest BCUT2D eigenvalue weighted by atomic mass is 19.3. The van der Waals surface area contributed by atoms with Gasteiger partial charge in [-0.3, -0.25) is 4.57 Å². The Kier molecular flexibility index (Phi) is 4.48. The number of ether oxygens (including phenoxy) is 1. The van der Waals surface area contributed by atoms with E-state index in [4.69, 9.17) is 4.74 Å². The van der Waals surface area contributed by atoms with Crippen molar-refractivity contribution in [2.24, 2.45) is 0 Å². The second kappa shape index (κ2) is 5.66. The third-order valence-corrected chi connectivity index (χ3v) is 1.69. The number of alkyl halides is 2. The first-order valence-corrected chi connectivity index (χ1v) is 4.28. The van der Waals surface area contributed by atoms with Gasteiger partial charge in [-0.25, -0.2) is 4.98 Å². The van der Waals surface area contributed by atoms with E-state index >= 15 is 0 Å². The van der Waals surface area contributed by atoms with Gasteiger partial charge in [0.05, 0.1) is 6.61 Å². The summed E-state index contributed by atoms with van der Waals surface area (Å²) in [6.45, 7) is -1.28. The van der Waals surface area contributed by atoms with Gasteiger partial charge in [0.1, 0.15) is 12.4 Å². The maximum absolute atomic E-state index is 12.3. The minimum atomic E-state index is -2.56. The number of imidazole rings is 1. The molecular weight excluding hydrogens is 192 g/mol. The first kappa shape index (κ1) is 11.1. The van der Waals surface area contributed by atoms with E-state index in [2.05, 4.69) is 10.3 Å². The lowest BCUT2D eigenvalue weighted by molar-refractivity contribution is 0.0528. The summed E-state index contributed by atoms with van der Waals surface area (Å²) in [4.78, 5) is 3.77. The van der Waals surface area contributed by atoms with Crippen LogP contribution in [0.3, 0.4) is 0 Å². The number of hydrogen-bond donors (Lipinski definition) is 1. The Morgan fingerprint density at radius 2 is 2.43 bits per heavy atom. The summed E-state index contributed by atoms with van der Waals surface area (Å²) < 4.78 is 30.5. The van der Waals surface area contributed by atoms with Crippen molar-refractivity contribution in [2.75, 3.05) is 20.2 Å². The molecule has 0 bridgehead atoms. The predicted molar refractivity (Wildman–Crippen MR) is 47.1 cm³/mol.